The second-order valence-corrected chi connectivity index (χ2v) is 5.49. The molecule has 0 atom stereocenters. The van der Waals surface area contributed by atoms with Gasteiger partial charge in [-0.05, 0) is 50.6 Å². The van der Waals surface area contributed by atoms with E-state index in [0.717, 1.165) is 31.0 Å². The molecular weight excluding hydrogens is 262 g/mol. The third-order valence-corrected chi connectivity index (χ3v) is 3.26. The number of nitrogens with one attached hydrogen (secondary N) is 1. The topological polar surface area (TPSA) is 39.1 Å². The Morgan fingerprint density at radius 3 is 2.57 bits per heavy atom. The summed E-state index contributed by atoms with van der Waals surface area (Å²) in [4.78, 5) is 0. The van der Waals surface area contributed by atoms with Crippen molar-refractivity contribution in [1.29, 1.82) is 0 Å². The zero-order valence-corrected chi connectivity index (χ0v) is 13.2. The van der Waals surface area contributed by atoms with E-state index in [9.17, 15) is 0 Å². The monoisotopic (exact) mass is 287 g/mol. The molecule has 0 aliphatic carbocycles. The van der Waals surface area contributed by atoms with E-state index in [-0.39, 0.29) is 0 Å². The molecule has 21 heavy (non-hydrogen) atoms. The zero-order valence-electron chi connectivity index (χ0n) is 13.2. The van der Waals surface area contributed by atoms with Crippen LogP contribution in [0.25, 0.3) is 0 Å². The summed E-state index contributed by atoms with van der Waals surface area (Å²) in [5, 5.41) is 7.86. The van der Waals surface area contributed by atoms with E-state index in [0.29, 0.717) is 12.6 Å². The fourth-order valence-corrected chi connectivity index (χ4v) is 2.01. The van der Waals surface area contributed by atoms with Crippen molar-refractivity contribution in [2.45, 2.75) is 46.4 Å². The van der Waals surface area contributed by atoms with E-state index in [2.05, 4.69) is 43.3 Å². The third kappa shape index (κ3) is 4.90. The number of hydrogen-bond acceptors (Lipinski definition) is 3. The molecule has 1 aromatic carbocycles. The molecule has 0 radical (unpaired) electrons. The summed E-state index contributed by atoms with van der Waals surface area (Å²) >= 11 is 0. The summed E-state index contributed by atoms with van der Waals surface area (Å²) in [6.45, 7) is 8.87. The standard InChI is InChI=1S/C17H25N3O/c1-4-10-18-12-15-5-7-17(8-6-15)21-13-16-9-11-20(19-16)14(2)3/h5-9,11,14,18H,4,10,12-13H2,1-3H3. The van der Waals surface area contributed by atoms with Crippen LogP contribution in [0.5, 0.6) is 5.75 Å². The lowest BCUT2D eigenvalue weighted by Crippen LogP contribution is -2.13. The quantitative estimate of drug-likeness (QED) is 0.755. The highest BCUT2D eigenvalue weighted by Crippen LogP contribution is 2.14. The molecule has 114 valence electrons. The summed E-state index contributed by atoms with van der Waals surface area (Å²) in [6, 6.07) is 10.6. The minimum absolute atomic E-state index is 0.383. The molecule has 2 aromatic rings. The maximum absolute atomic E-state index is 5.77. The van der Waals surface area contributed by atoms with Gasteiger partial charge in [0.2, 0.25) is 0 Å². The first-order chi connectivity index (χ1) is 10.2. The summed E-state index contributed by atoms with van der Waals surface area (Å²) < 4.78 is 7.72. The number of ether oxygens (including phenoxy) is 1. The van der Waals surface area contributed by atoms with Crippen molar-refractivity contribution in [1.82, 2.24) is 15.1 Å². The van der Waals surface area contributed by atoms with Gasteiger partial charge in [0, 0.05) is 18.8 Å². The zero-order chi connectivity index (χ0) is 15.1. The second-order valence-electron chi connectivity index (χ2n) is 5.49. The van der Waals surface area contributed by atoms with Crippen molar-refractivity contribution in [3.8, 4) is 5.75 Å². The smallest absolute Gasteiger partial charge is 0.132 e. The Bertz CT molecular complexity index is 531. The Hall–Kier alpha value is -1.81. The van der Waals surface area contributed by atoms with E-state index in [1.54, 1.807) is 0 Å². The molecule has 4 nitrogen and oxygen atoms in total. The average molecular weight is 287 g/mol. The van der Waals surface area contributed by atoms with Crippen molar-refractivity contribution in [3.05, 3.63) is 47.8 Å². The van der Waals surface area contributed by atoms with E-state index < -0.39 is 0 Å². The van der Waals surface area contributed by atoms with Gasteiger partial charge >= 0.3 is 0 Å². The van der Waals surface area contributed by atoms with Crippen LogP contribution in [0, 0.1) is 0 Å². The van der Waals surface area contributed by atoms with Gasteiger partial charge in [-0.15, -0.1) is 0 Å². The fourth-order valence-electron chi connectivity index (χ4n) is 2.01. The Morgan fingerprint density at radius 2 is 1.95 bits per heavy atom. The minimum Gasteiger partial charge on any atom is -0.487 e. The number of benzene rings is 1. The van der Waals surface area contributed by atoms with Crippen molar-refractivity contribution in [3.63, 3.8) is 0 Å². The third-order valence-electron chi connectivity index (χ3n) is 3.26. The maximum Gasteiger partial charge on any atom is 0.132 e. The molecule has 4 heteroatoms. The maximum atomic E-state index is 5.77. The predicted octanol–water partition coefficient (Wildman–Crippen LogP) is 3.54. The number of nitrogens with zero attached hydrogens (tertiary/aromatic N) is 2. The van der Waals surface area contributed by atoms with Crippen molar-refractivity contribution in [2.75, 3.05) is 6.54 Å². The van der Waals surface area contributed by atoms with Crippen LogP contribution in [0.3, 0.4) is 0 Å². The molecule has 0 saturated heterocycles. The number of rotatable bonds is 8. The van der Waals surface area contributed by atoms with Gasteiger partial charge in [-0.3, -0.25) is 4.68 Å². The molecule has 0 unspecified atom stereocenters. The van der Waals surface area contributed by atoms with E-state index >= 15 is 0 Å². The number of hydrogen-bond donors (Lipinski definition) is 1. The molecule has 2 rings (SSSR count). The molecule has 1 N–H and O–H groups in total. The van der Waals surface area contributed by atoms with Gasteiger partial charge in [-0.25, -0.2) is 0 Å². The molecule has 0 aliphatic heterocycles. The highest BCUT2D eigenvalue weighted by molar-refractivity contribution is 5.27. The van der Waals surface area contributed by atoms with Gasteiger partial charge in [0.1, 0.15) is 12.4 Å². The summed E-state index contributed by atoms with van der Waals surface area (Å²) in [7, 11) is 0. The molecule has 1 heterocycles. The first-order valence-corrected chi connectivity index (χ1v) is 7.65. The van der Waals surface area contributed by atoms with Crippen LogP contribution in [0.4, 0.5) is 0 Å². The normalized spacial score (nSPS) is 11.0. The van der Waals surface area contributed by atoms with Gasteiger partial charge in [0.15, 0.2) is 0 Å². The molecule has 0 aliphatic rings. The van der Waals surface area contributed by atoms with Crippen molar-refractivity contribution in [2.24, 2.45) is 0 Å². The first kappa shape index (κ1) is 15.6. The second kappa shape index (κ2) is 7.84. The highest BCUT2D eigenvalue weighted by atomic mass is 16.5. The van der Waals surface area contributed by atoms with Crippen LogP contribution in [0.15, 0.2) is 36.5 Å². The van der Waals surface area contributed by atoms with Gasteiger partial charge in [-0.2, -0.15) is 5.10 Å². The van der Waals surface area contributed by atoms with Crippen LogP contribution in [-0.2, 0) is 13.2 Å². The number of aromatic nitrogens is 2. The van der Waals surface area contributed by atoms with Crippen LogP contribution in [-0.4, -0.2) is 16.3 Å². The Labute approximate surface area is 127 Å². The molecule has 0 amide bonds. The predicted molar refractivity (Wildman–Crippen MR) is 85.4 cm³/mol. The van der Waals surface area contributed by atoms with Gasteiger partial charge in [0.25, 0.3) is 0 Å². The van der Waals surface area contributed by atoms with Crippen molar-refractivity contribution >= 4 is 0 Å². The molecular formula is C17H25N3O. The Morgan fingerprint density at radius 1 is 1.19 bits per heavy atom. The minimum atomic E-state index is 0.383. The average Bonchev–Trinajstić information content (AvgIpc) is 2.96. The Kier molecular flexibility index (Phi) is 5.81. The SMILES string of the molecule is CCCNCc1ccc(OCc2ccn(C(C)C)n2)cc1. The summed E-state index contributed by atoms with van der Waals surface area (Å²) in [5.74, 6) is 0.883. The molecule has 0 saturated carbocycles. The lowest BCUT2D eigenvalue weighted by Gasteiger charge is -2.07. The lowest BCUT2D eigenvalue weighted by atomic mass is 10.2. The largest absolute Gasteiger partial charge is 0.487 e. The Balaban J connectivity index is 1.82. The van der Waals surface area contributed by atoms with Crippen LogP contribution >= 0.6 is 0 Å². The van der Waals surface area contributed by atoms with Crippen LogP contribution < -0.4 is 10.1 Å². The van der Waals surface area contributed by atoms with E-state index in [1.165, 1.54) is 5.56 Å². The van der Waals surface area contributed by atoms with Crippen LogP contribution in [0.2, 0.25) is 0 Å². The summed E-state index contributed by atoms with van der Waals surface area (Å²) in [5.41, 5.74) is 2.23. The molecule has 0 bridgehead atoms. The molecule has 0 spiro atoms. The summed E-state index contributed by atoms with van der Waals surface area (Å²) in [6.07, 6.45) is 3.15. The van der Waals surface area contributed by atoms with Gasteiger partial charge in [0.05, 0.1) is 5.69 Å². The molecule has 0 fully saturated rings. The van der Waals surface area contributed by atoms with Gasteiger partial charge < -0.3 is 10.1 Å². The van der Waals surface area contributed by atoms with Gasteiger partial charge in [-0.1, -0.05) is 19.1 Å². The van der Waals surface area contributed by atoms with E-state index in [1.807, 2.05) is 29.1 Å². The van der Waals surface area contributed by atoms with Crippen LogP contribution in [0.1, 0.15) is 44.5 Å². The van der Waals surface area contributed by atoms with Crippen molar-refractivity contribution < 1.29 is 4.74 Å². The fraction of sp³-hybridized carbons (Fsp3) is 0.471. The lowest BCUT2D eigenvalue weighted by molar-refractivity contribution is 0.298. The molecule has 1 aromatic heterocycles. The first-order valence-electron chi connectivity index (χ1n) is 7.65. The highest BCUT2D eigenvalue weighted by Gasteiger charge is 2.03. The van der Waals surface area contributed by atoms with E-state index in [4.69, 9.17) is 4.74 Å².